The molecule has 0 aliphatic carbocycles. The van der Waals surface area contributed by atoms with Gasteiger partial charge in [-0.25, -0.2) is 9.59 Å². The SMILES string of the molecule is COc1ccc(C(c2c(O)c3ccccc3oc2=O)c2c(O)c3ccccc3oc2=O)cc1COc1ccc(NC(C)=O)cc1. The van der Waals surface area contributed by atoms with Crippen molar-refractivity contribution in [2.45, 2.75) is 19.4 Å². The number of hydrogen-bond acceptors (Lipinski definition) is 9. The van der Waals surface area contributed by atoms with Gasteiger partial charge in [0, 0.05) is 18.2 Å². The molecular formula is C35H27NO9. The molecule has 0 unspecified atom stereocenters. The van der Waals surface area contributed by atoms with Crippen molar-refractivity contribution >= 4 is 33.5 Å². The fourth-order valence-electron chi connectivity index (χ4n) is 5.37. The van der Waals surface area contributed by atoms with E-state index in [1.807, 2.05) is 0 Å². The highest BCUT2D eigenvalue weighted by molar-refractivity contribution is 5.89. The molecule has 0 bridgehead atoms. The van der Waals surface area contributed by atoms with Crippen LogP contribution in [0.4, 0.5) is 5.69 Å². The van der Waals surface area contributed by atoms with Gasteiger partial charge in [-0.15, -0.1) is 0 Å². The van der Waals surface area contributed by atoms with Gasteiger partial charge in [0.2, 0.25) is 5.91 Å². The molecule has 2 heterocycles. The molecule has 0 radical (unpaired) electrons. The van der Waals surface area contributed by atoms with Crippen molar-refractivity contribution in [3.8, 4) is 23.0 Å². The molecule has 6 rings (SSSR count). The largest absolute Gasteiger partial charge is 0.507 e. The van der Waals surface area contributed by atoms with Crippen LogP contribution in [-0.2, 0) is 11.4 Å². The van der Waals surface area contributed by atoms with Crippen molar-refractivity contribution < 1.29 is 33.3 Å². The lowest BCUT2D eigenvalue weighted by Gasteiger charge is -2.21. The van der Waals surface area contributed by atoms with Gasteiger partial charge in [0.1, 0.15) is 40.8 Å². The first-order valence-corrected chi connectivity index (χ1v) is 13.9. The Bertz CT molecular complexity index is 2080. The van der Waals surface area contributed by atoms with Gasteiger partial charge in [0.15, 0.2) is 0 Å². The summed E-state index contributed by atoms with van der Waals surface area (Å²) in [6.45, 7) is 1.43. The van der Waals surface area contributed by atoms with E-state index in [2.05, 4.69) is 5.32 Å². The molecule has 10 nitrogen and oxygen atoms in total. The molecule has 4 aromatic carbocycles. The normalized spacial score (nSPS) is 11.2. The van der Waals surface area contributed by atoms with Gasteiger partial charge < -0.3 is 33.8 Å². The van der Waals surface area contributed by atoms with Crippen LogP contribution in [0.5, 0.6) is 23.0 Å². The van der Waals surface area contributed by atoms with Crippen LogP contribution in [0.3, 0.4) is 0 Å². The van der Waals surface area contributed by atoms with Gasteiger partial charge in [-0.05, 0) is 66.2 Å². The number of benzene rings is 4. The summed E-state index contributed by atoms with van der Waals surface area (Å²) in [7, 11) is 1.49. The molecule has 226 valence electrons. The van der Waals surface area contributed by atoms with Crippen molar-refractivity contribution in [3.05, 3.63) is 134 Å². The molecule has 0 spiro atoms. The zero-order valence-corrected chi connectivity index (χ0v) is 24.2. The molecule has 3 N–H and O–H groups in total. The Morgan fingerprint density at radius 2 is 1.36 bits per heavy atom. The summed E-state index contributed by atoms with van der Waals surface area (Å²) in [5.74, 6) is -1.34. The van der Waals surface area contributed by atoms with Gasteiger partial charge in [-0.2, -0.15) is 0 Å². The highest BCUT2D eigenvalue weighted by atomic mass is 16.5. The first kappa shape index (κ1) is 29.1. The summed E-state index contributed by atoms with van der Waals surface area (Å²) in [6, 6.07) is 24.6. The van der Waals surface area contributed by atoms with Crippen LogP contribution in [0.1, 0.15) is 35.1 Å². The Labute approximate surface area is 255 Å². The van der Waals surface area contributed by atoms with Crippen molar-refractivity contribution in [1.82, 2.24) is 0 Å². The van der Waals surface area contributed by atoms with Crippen LogP contribution in [0, 0.1) is 0 Å². The fourth-order valence-corrected chi connectivity index (χ4v) is 5.37. The Kier molecular flexibility index (Phi) is 7.70. The van der Waals surface area contributed by atoms with Crippen LogP contribution >= 0.6 is 0 Å². The third kappa shape index (κ3) is 5.56. The Hall–Kier alpha value is -6.03. The zero-order chi connectivity index (χ0) is 31.7. The maximum Gasteiger partial charge on any atom is 0.344 e. The lowest BCUT2D eigenvalue weighted by molar-refractivity contribution is -0.114. The lowest BCUT2D eigenvalue weighted by atomic mass is 9.84. The van der Waals surface area contributed by atoms with E-state index >= 15 is 0 Å². The Morgan fingerprint density at radius 1 is 0.800 bits per heavy atom. The van der Waals surface area contributed by atoms with Crippen LogP contribution in [0.15, 0.2) is 109 Å². The Balaban J connectivity index is 1.51. The zero-order valence-electron chi connectivity index (χ0n) is 24.2. The monoisotopic (exact) mass is 605 g/mol. The minimum atomic E-state index is -1.31. The van der Waals surface area contributed by atoms with Crippen molar-refractivity contribution in [2.75, 3.05) is 12.4 Å². The van der Waals surface area contributed by atoms with Gasteiger partial charge in [-0.3, -0.25) is 4.79 Å². The molecule has 0 atom stereocenters. The number of hydrogen-bond donors (Lipinski definition) is 3. The van der Waals surface area contributed by atoms with Gasteiger partial charge in [0.05, 0.1) is 34.9 Å². The van der Waals surface area contributed by atoms with E-state index in [1.165, 1.54) is 14.0 Å². The highest BCUT2D eigenvalue weighted by Crippen LogP contribution is 2.42. The third-order valence-corrected chi connectivity index (χ3v) is 7.42. The second-order valence-electron chi connectivity index (χ2n) is 10.3. The van der Waals surface area contributed by atoms with E-state index in [-0.39, 0.29) is 45.6 Å². The lowest BCUT2D eigenvalue weighted by Crippen LogP contribution is -2.21. The predicted molar refractivity (Wildman–Crippen MR) is 167 cm³/mol. The van der Waals surface area contributed by atoms with E-state index < -0.39 is 28.7 Å². The van der Waals surface area contributed by atoms with E-state index in [4.69, 9.17) is 18.3 Å². The summed E-state index contributed by atoms with van der Waals surface area (Å²) in [5, 5.41) is 26.1. The predicted octanol–water partition coefficient (Wildman–Crippen LogP) is 6.04. The van der Waals surface area contributed by atoms with Crippen molar-refractivity contribution in [1.29, 1.82) is 0 Å². The summed E-state index contributed by atoms with van der Waals surface area (Å²) < 4.78 is 22.7. The average Bonchev–Trinajstić information content (AvgIpc) is 3.03. The second-order valence-corrected chi connectivity index (χ2v) is 10.3. The number of carbonyl (C=O) groups excluding carboxylic acids is 1. The number of ether oxygens (including phenoxy) is 2. The number of rotatable bonds is 8. The van der Waals surface area contributed by atoms with Gasteiger partial charge >= 0.3 is 11.3 Å². The molecule has 0 saturated carbocycles. The molecule has 6 aromatic rings. The van der Waals surface area contributed by atoms with E-state index in [1.54, 1.807) is 91.0 Å². The molecule has 0 aliphatic heterocycles. The number of nitrogens with one attached hydrogen (secondary N) is 1. The third-order valence-electron chi connectivity index (χ3n) is 7.42. The summed E-state index contributed by atoms with van der Waals surface area (Å²) >= 11 is 0. The number of para-hydroxylation sites is 2. The summed E-state index contributed by atoms with van der Waals surface area (Å²) in [6.07, 6.45) is 0. The molecule has 0 aliphatic rings. The molecular weight excluding hydrogens is 578 g/mol. The van der Waals surface area contributed by atoms with Crippen LogP contribution in [0.25, 0.3) is 21.9 Å². The van der Waals surface area contributed by atoms with Gasteiger partial charge in [-0.1, -0.05) is 30.3 Å². The molecule has 10 heteroatoms. The van der Waals surface area contributed by atoms with Crippen LogP contribution in [-0.4, -0.2) is 23.2 Å². The van der Waals surface area contributed by atoms with Crippen molar-refractivity contribution in [2.24, 2.45) is 0 Å². The molecule has 0 fully saturated rings. The molecule has 1 amide bonds. The fraction of sp³-hybridized carbons (Fsp3) is 0.114. The maximum absolute atomic E-state index is 13.5. The standard InChI is InChI=1S/C35H27NO9/c1-19(37)36-22-12-14-23(15-13-22)43-18-21-17-20(11-16-26(21)42-2)29(30-32(38)24-7-3-5-9-27(24)44-34(30)40)31-33(39)25-8-4-6-10-28(25)45-35(31)41/h3-17,29,38-39H,18H2,1-2H3,(H,36,37). The number of anilines is 1. The molecule has 45 heavy (non-hydrogen) atoms. The van der Waals surface area contributed by atoms with Crippen LogP contribution in [0.2, 0.25) is 0 Å². The number of aromatic hydroxyl groups is 2. The molecule has 0 saturated heterocycles. The number of methoxy groups -OCH3 is 1. The Morgan fingerprint density at radius 3 is 1.89 bits per heavy atom. The minimum Gasteiger partial charge on any atom is -0.507 e. The maximum atomic E-state index is 13.5. The van der Waals surface area contributed by atoms with Crippen molar-refractivity contribution in [3.63, 3.8) is 0 Å². The smallest absolute Gasteiger partial charge is 0.344 e. The van der Waals surface area contributed by atoms with Gasteiger partial charge in [0.25, 0.3) is 0 Å². The van der Waals surface area contributed by atoms with E-state index in [0.29, 0.717) is 28.3 Å². The number of amides is 1. The summed E-state index contributed by atoms with van der Waals surface area (Å²) in [4.78, 5) is 38.4. The molecule has 2 aromatic heterocycles. The van der Waals surface area contributed by atoms with Crippen LogP contribution < -0.4 is 26.0 Å². The summed E-state index contributed by atoms with van der Waals surface area (Å²) in [5.41, 5.74) is -0.468. The first-order valence-electron chi connectivity index (χ1n) is 13.9. The van der Waals surface area contributed by atoms with E-state index in [9.17, 15) is 24.6 Å². The number of carbonyl (C=O) groups is 1. The topological polar surface area (TPSA) is 148 Å². The average molecular weight is 606 g/mol. The second kappa shape index (κ2) is 11.9. The first-order chi connectivity index (χ1) is 21.7. The number of fused-ring (bicyclic) bond motifs is 2. The highest BCUT2D eigenvalue weighted by Gasteiger charge is 2.33. The minimum absolute atomic E-state index is 0.0137. The quantitative estimate of drug-likeness (QED) is 0.177. The van der Waals surface area contributed by atoms with E-state index in [0.717, 1.165) is 0 Å².